The van der Waals surface area contributed by atoms with Gasteiger partial charge in [0.05, 0.1) is 0 Å². The van der Waals surface area contributed by atoms with Gasteiger partial charge >= 0.3 is 5.97 Å². The Morgan fingerprint density at radius 3 is 2.14 bits per heavy atom. The van der Waals surface area contributed by atoms with Crippen LogP contribution < -0.4 is 10.1 Å². The molecule has 0 radical (unpaired) electrons. The Bertz CT molecular complexity index is 1050. The molecule has 35 heavy (non-hydrogen) atoms. The molecule has 1 N–H and O–H groups in total. The van der Waals surface area contributed by atoms with Crippen molar-refractivity contribution in [3.63, 3.8) is 0 Å². The van der Waals surface area contributed by atoms with E-state index in [9.17, 15) is 14.4 Å². The highest BCUT2D eigenvalue weighted by Gasteiger charge is 2.55. The van der Waals surface area contributed by atoms with E-state index in [2.05, 4.69) is 5.32 Å². The summed E-state index contributed by atoms with van der Waals surface area (Å²) in [5.41, 5.74) is 1.47. The Labute approximate surface area is 204 Å². The maximum absolute atomic E-state index is 13.2. The number of methoxy groups -OCH3 is 2. The molecule has 1 saturated heterocycles. The molecule has 2 unspecified atom stereocenters. The van der Waals surface area contributed by atoms with E-state index < -0.39 is 36.2 Å². The van der Waals surface area contributed by atoms with Crippen LogP contribution in [0.1, 0.15) is 19.4 Å². The highest BCUT2D eigenvalue weighted by Crippen LogP contribution is 2.32. The van der Waals surface area contributed by atoms with E-state index in [1.165, 1.54) is 19.1 Å². The van der Waals surface area contributed by atoms with Crippen molar-refractivity contribution in [1.29, 1.82) is 0 Å². The Balaban J connectivity index is 1.73. The van der Waals surface area contributed by atoms with Gasteiger partial charge in [0.25, 0.3) is 11.8 Å². The van der Waals surface area contributed by atoms with Gasteiger partial charge in [0.15, 0.2) is 12.9 Å². The molecule has 0 aromatic heterocycles. The Morgan fingerprint density at radius 2 is 1.57 bits per heavy atom. The number of hydrogen-bond donors (Lipinski definition) is 1. The van der Waals surface area contributed by atoms with E-state index in [1.54, 1.807) is 38.1 Å². The second kappa shape index (κ2) is 12.1. The molecular weight excluding hydrogens is 452 g/mol. The lowest BCUT2D eigenvalue weighted by molar-refractivity contribution is -0.192. The van der Waals surface area contributed by atoms with Gasteiger partial charge in [-0.2, -0.15) is 0 Å². The molecule has 0 bridgehead atoms. The molecule has 0 spiro atoms. The minimum Gasteiger partial charge on any atom is -0.484 e. The summed E-state index contributed by atoms with van der Waals surface area (Å²) in [4.78, 5) is 40.0. The lowest BCUT2D eigenvalue weighted by atomic mass is 9.92. The van der Waals surface area contributed by atoms with Crippen molar-refractivity contribution in [3.05, 3.63) is 77.5 Å². The van der Waals surface area contributed by atoms with Crippen LogP contribution >= 0.6 is 0 Å². The van der Waals surface area contributed by atoms with Gasteiger partial charge in [-0.1, -0.05) is 48.5 Å². The largest absolute Gasteiger partial charge is 0.484 e. The fourth-order valence-corrected chi connectivity index (χ4v) is 3.79. The van der Waals surface area contributed by atoms with Crippen LogP contribution in [-0.2, 0) is 35.2 Å². The first-order chi connectivity index (χ1) is 16.9. The zero-order valence-corrected chi connectivity index (χ0v) is 20.2. The van der Waals surface area contributed by atoms with Crippen molar-refractivity contribution in [2.45, 2.75) is 38.8 Å². The zero-order chi connectivity index (χ0) is 25.4. The van der Waals surface area contributed by atoms with Crippen molar-refractivity contribution in [2.75, 3.05) is 20.8 Å². The van der Waals surface area contributed by atoms with Crippen LogP contribution in [0.5, 0.6) is 5.75 Å². The number of β-lactam (4-membered cyclic amide) rings is 1. The van der Waals surface area contributed by atoms with E-state index in [1.807, 2.05) is 36.4 Å². The summed E-state index contributed by atoms with van der Waals surface area (Å²) in [5, 5.41) is 2.67. The minimum atomic E-state index is -0.969. The molecule has 1 fully saturated rings. The van der Waals surface area contributed by atoms with Crippen LogP contribution in [0.2, 0.25) is 0 Å². The molecule has 2 aromatic rings. The second-order valence-corrected chi connectivity index (χ2v) is 8.10. The van der Waals surface area contributed by atoms with Gasteiger partial charge in [-0.3, -0.25) is 14.5 Å². The molecule has 1 aliphatic heterocycles. The number of nitrogens with one attached hydrogen (secondary N) is 1. The fraction of sp³-hybridized carbons (Fsp3) is 0.346. The number of esters is 1. The van der Waals surface area contributed by atoms with Gasteiger partial charge in [0, 0.05) is 14.2 Å². The third kappa shape index (κ3) is 6.26. The first-order valence-electron chi connectivity index (χ1n) is 11.1. The van der Waals surface area contributed by atoms with Gasteiger partial charge in [0.2, 0.25) is 0 Å². The maximum atomic E-state index is 13.2. The molecule has 0 aliphatic carbocycles. The summed E-state index contributed by atoms with van der Waals surface area (Å²) in [6.07, 6.45) is -0.899. The van der Waals surface area contributed by atoms with Crippen molar-refractivity contribution < 1.29 is 33.3 Å². The molecular formula is C26H30N2O7. The quantitative estimate of drug-likeness (QED) is 0.227. The van der Waals surface area contributed by atoms with E-state index in [-0.39, 0.29) is 18.9 Å². The molecule has 2 amide bonds. The van der Waals surface area contributed by atoms with Gasteiger partial charge in [-0.05, 0) is 37.1 Å². The highest BCUT2D eigenvalue weighted by molar-refractivity contribution is 6.02. The first kappa shape index (κ1) is 25.9. The van der Waals surface area contributed by atoms with Crippen LogP contribution in [-0.4, -0.2) is 61.9 Å². The fourth-order valence-electron chi connectivity index (χ4n) is 3.79. The molecule has 1 aliphatic rings. The summed E-state index contributed by atoms with van der Waals surface area (Å²) in [6, 6.07) is 16.3. The predicted octanol–water partition coefficient (Wildman–Crippen LogP) is 2.42. The number of rotatable bonds is 11. The topological polar surface area (TPSA) is 103 Å². The Hall–Kier alpha value is -3.69. The molecule has 9 heteroatoms. The number of carbonyl (C=O) groups excluding carboxylic acids is 3. The van der Waals surface area contributed by atoms with Gasteiger partial charge < -0.3 is 24.3 Å². The Morgan fingerprint density at radius 1 is 0.971 bits per heavy atom. The van der Waals surface area contributed by atoms with Crippen LogP contribution in [0.4, 0.5) is 0 Å². The summed E-state index contributed by atoms with van der Waals surface area (Å²) in [5.74, 6) is -1.10. The number of hydrogen-bond acceptors (Lipinski definition) is 7. The molecule has 9 nitrogen and oxygen atoms in total. The van der Waals surface area contributed by atoms with Crippen LogP contribution in [0, 0.1) is 0 Å². The predicted molar refractivity (Wildman–Crippen MR) is 127 cm³/mol. The monoisotopic (exact) mass is 482 g/mol. The number of benzene rings is 2. The van der Waals surface area contributed by atoms with E-state index in [0.29, 0.717) is 11.3 Å². The number of amides is 2. The van der Waals surface area contributed by atoms with E-state index in [0.717, 1.165) is 5.56 Å². The third-order valence-corrected chi connectivity index (χ3v) is 5.44. The smallest absolute Gasteiger partial charge is 0.355 e. The molecule has 3 rings (SSSR count). The standard InChI is InChI=1S/C26H30N2O7/c1-17(2)22(25(31)35-15-18-11-7-5-8-12-18)28-23(26(32-3)33-4)21(24(28)30)27-20(29)16-34-19-13-9-6-10-14-19/h5-14,21,23,26H,15-16H2,1-4H3,(H,27,29). The van der Waals surface area contributed by atoms with E-state index >= 15 is 0 Å². The lowest BCUT2D eigenvalue weighted by Crippen LogP contribution is -2.74. The van der Waals surface area contributed by atoms with Crippen molar-refractivity contribution in [2.24, 2.45) is 0 Å². The first-order valence-corrected chi connectivity index (χ1v) is 11.1. The van der Waals surface area contributed by atoms with Crippen LogP contribution in [0.3, 0.4) is 0 Å². The second-order valence-electron chi connectivity index (χ2n) is 8.10. The van der Waals surface area contributed by atoms with Crippen molar-refractivity contribution >= 4 is 17.8 Å². The molecule has 0 saturated carbocycles. The minimum absolute atomic E-state index is 0.0537. The third-order valence-electron chi connectivity index (χ3n) is 5.44. The van der Waals surface area contributed by atoms with Crippen LogP contribution in [0.15, 0.2) is 71.9 Å². The molecule has 2 aromatic carbocycles. The number of ether oxygens (including phenoxy) is 4. The summed E-state index contributed by atoms with van der Waals surface area (Å²) >= 11 is 0. The number of para-hydroxylation sites is 1. The average Bonchev–Trinajstić information content (AvgIpc) is 2.88. The number of nitrogens with zero attached hydrogens (tertiary/aromatic N) is 1. The number of allylic oxidation sites excluding steroid dienone is 1. The highest BCUT2D eigenvalue weighted by atomic mass is 16.7. The molecule has 1 heterocycles. The number of carbonyl (C=O) groups is 3. The van der Waals surface area contributed by atoms with Crippen molar-refractivity contribution in [3.8, 4) is 5.75 Å². The SMILES string of the molecule is COC(OC)C1C(NC(=O)COc2ccccc2)C(=O)N1C(C(=O)OCc1ccccc1)=C(C)C. The Kier molecular flexibility index (Phi) is 8.99. The zero-order valence-electron chi connectivity index (χ0n) is 20.2. The van der Waals surface area contributed by atoms with Gasteiger partial charge in [-0.15, -0.1) is 0 Å². The number of likely N-dealkylation sites (tertiary alicyclic amines) is 1. The van der Waals surface area contributed by atoms with E-state index in [4.69, 9.17) is 18.9 Å². The van der Waals surface area contributed by atoms with Gasteiger partial charge in [0.1, 0.15) is 30.1 Å². The van der Waals surface area contributed by atoms with Gasteiger partial charge in [-0.25, -0.2) is 4.79 Å². The lowest BCUT2D eigenvalue weighted by Gasteiger charge is -2.49. The molecule has 2 atom stereocenters. The summed E-state index contributed by atoms with van der Waals surface area (Å²) in [7, 11) is 2.84. The maximum Gasteiger partial charge on any atom is 0.355 e. The van der Waals surface area contributed by atoms with Crippen molar-refractivity contribution in [1.82, 2.24) is 10.2 Å². The summed E-state index contributed by atoms with van der Waals surface area (Å²) < 4.78 is 21.7. The normalized spacial score (nSPS) is 16.9. The average molecular weight is 483 g/mol. The molecule has 186 valence electrons. The summed E-state index contributed by atoms with van der Waals surface area (Å²) in [6.45, 7) is 3.19. The van der Waals surface area contributed by atoms with Crippen LogP contribution in [0.25, 0.3) is 0 Å².